The maximum Gasteiger partial charge on any atom is 0.168 e. The lowest BCUT2D eigenvalue weighted by molar-refractivity contribution is 0.111. The fraction of sp³-hybridized carbons (Fsp3) is 0.167. The molecule has 0 unspecified atom stereocenters. The van der Waals surface area contributed by atoms with Crippen molar-refractivity contribution in [3.8, 4) is 5.69 Å². The summed E-state index contributed by atoms with van der Waals surface area (Å²) in [4.78, 5) is 11.2. The Hall–Kier alpha value is -1.46. The number of nitrogens with one attached hydrogen (secondary N) is 1. The summed E-state index contributed by atoms with van der Waals surface area (Å²) in [6.07, 6.45) is 0.873. The highest BCUT2D eigenvalue weighted by molar-refractivity contribution is 9.10. The van der Waals surface area contributed by atoms with Crippen molar-refractivity contribution in [1.29, 1.82) is 0 Å². The van der Waals surface area contributed by atoms with Gasteiger partial charge >= 0.3 is 0 Å². The molecule has 0 amide bonds. The van der Waals surface area contributed by atoms with Gasteiger partial charge in [0.1, 0.15) is 5.69 Å². The van der Waals surface area contributed by atoms with Gasteiger partial charge in [-0.1, -0.05) is 12.1 Å². The predicted molar refractivity (Wildman–Crippen MR) is 67.2 cm³/mol. The zero-order chi connectivity index (χ0) is 11.8. The van der Waals surface area contributed by atoms with Gasteiger partial charge in [-0.25, -0.2) is 4.68 Å². The molecule has 0 radical (unpaired) electrons. The summed E-state index contributed by atoms with van der Waals surface area (Å²) in [7, 11) is 0. The van der Waals surface area contributed by atoms with Gasteiger partial charge in [0.2, 0.25) is 0 Å². The fourth-order valence-corrected chi connectivity index (χ4v) is 2.53. The number of carbonyl (C=O) groups is 1. The van der Waals surface area contributed by atoms with E-state index in [2.05, 4.69) is 26.3 Å². The van der Waals surface area contributed by atoms with E-state index in [9.17, 15) is 4.79 Å². The van der Waals surface area contributed by atoms with Crippen molar-refractivity contribution in [2.24, 2.45) is 0 Å². The Labute approximate surface area is 107 Å². The van der Waals surface area contributed by atoms with Gasteiger partial charge in [0.15, 0.2) is 6.29 Å². The van der Waals surface area contributed by atoms with Crippen molar-refractivity contribution in [3.63, 3.8) is 0 Å². The van der Waals surface area contributed by atoms with Crippen LogP contribution >= 0.6 is 15.9 Å². The SMILES string of the molecule is O=Cc1c2c(nn1-c1ccccc1Br)CNC2. The van der Waals surface area contributed by atoms with E-state index in [1.54, 1.807) is 4.68 Å². The second-order valence-corrected chi connectivity index (χ2v) is 4.75. The average molecular weight is 292 g/mol. The molecule has 1 N–H and O–H groups in total. The van der Waals surface area contributed by atoms with Crippen LogP contribution in [-0.4, -0.2) is 16.1 Å². The predicted octanol–water partition coefficient (Wildman–Crippen LogP) is 2.05. The number of benzene rings is 1. The van der Waals surface area contributed by atoms with Crippen LogP contribution in [-0.2, 0) is 13.1 Å². The van der Waals surface area contributed by atoms with Gasteiger partial charge in [0.05, 0.1) is 11.4 Å². The van der Waals surface area contributed by atoms with Crippen LogP contribution in [0, 0.1) is 0 Å². The first-order valence-electron chi connectivity index (χ1n) is 5.33. The molecule has 4 nitrogen and oxygen atoms in total. The van der Waals surface area contributed by atoms with E-state index in [4.69, 9.17) is 0 Å². The molecule has 17 heavy (non-hydrogen) atoms. The molecule has 2 aromatic rings. The normalized spacial score (nSPS) is 13.7. The molecule has 1 aromatic heterocycles. The van der Waals surface area contributed by atoms with Crippen molar-refractivity contribution in [2.75, 3.05) is 0 Å². The van der Waals surface area contributed by atoms with Gasteiger partial charge in [-0.2, -0.15) is 5.10 Å². The van der Waals surface area contributed by atoms with Gasteiger partial charge in [0, 0.05) is 23.1 Å². The Kier molecular flexibility index (Phi) is 2.57. The van der Waals surface area contributed by atoms with E-state index in [-0.39, 0.29) is 0 Å². The lowest BCUT2D eigenvalue weighted by atomic mass is 10.2. The zero-order valence-electron chi connectivity index (χ0n) is 8.98. The summed E-state index contributed by atoms with van der Waals surface area (Å²) in [5, 5.41) is 7.67. The smallest absolute Gasteiger partial charge is 0.168 e. The number of hydrogen-bond donors (Lipinski definition) is 1. The number of aldehydes is 1. The maximum atomic E-state index is 11.2. The number of halogens is 1. The summed E-state index contributed by atoms with van der Waals surface area (Å²) < 4.78 is 2.64. The summed E-state index contributed by atoms with van der Waals surface area (Å²) in [6, 6.07) is 7.74. The lowest BCUT2D eigenvalue weighted by Gasteiger charge is -2.07. The molecule has 0 bridgehead atoms. The number of para-hydroxylation sites is 1. The monoisotopic (exact) mass is 291 g/mol. The lowest BCUT2D eigenvalue weighted by Crippen LogP contribution is -2.09. The molecule has 1 aromatic carbocycles. The molecule has 0 saturated heterocycles. The number of hydrogen-bond acceptors (Lipinski definition) is 3. The van der Waals surface area contributed by atoms with Gasteiger partial charge in [-0.05, 0) is 28.1 Å². The van der Waals surface area contributed by atoms with E-state index in [0.29, 0.717) is 12.2 Å². The van der Waals surface area contributed by atoms with Crippen molar-refractivity contribution in [1.82, 2.24) is 15.1 Å². The molecule has 5 heteroatoms. The Morgan fingerprint density at radius 3 is 2.94 bits per heavy atom. The minimum Gasteiger partial charge on any atom is -0.307 e. The van der Waals surface area contributed by atoms with Crippen LogP contribution < -0.4 is 5.32 Å². The van der Waals surface area contributed by atoms with Crippen LogP contribution in [0.5, 0.6) is 0 Å². The highest BCUT2D eigenvalue weighted by Gasteiger charge is 2.22. The van der Waals surface area contributed by atoms with Gasteiger partial charge in [0.25, 0.3) is 0 Å². The summed E-state index contributed by atoms with van der Waals surface area (Å²) in [5.41, 5.74) is 3.50. The molecule has 2 heterocycles. The number of carbonyl (C=O) groups excluding carboxylic acids is 1. The Morgan fingerprint density at radius 2 is 2.18 bits per heavy atom. The van der Waals surface area contributed by atoms with E-state index < -0.39 is 0 Å². The largest absolute Gasteiger partial charge is 0.307 e. The third-order valence-corrected chi connectivity index (χ3v) is 3.56. The first-order chi connectivity index (χ1) is 8.31. The molecular formula is C12H10BrN3O. The molecule has 0 aliphatic carbocycles. The number of rotatable bonds is 2. The zero-order valence-corrected chi connectivity index (χ0v) is 10.6. The van der Waals surface area contributed by atoms with Crippen LogP contribution in [0.3, 0.4) is 0 Å². The van der Waals surface area contributed by atoms with Crippen LogP contribution in [0.2, 0.25) is 0 Å². The minimum atomic E-state index is 0.636. The molecule has 0 fully saturated rings. The standard InChI is InChI=1S/C12H10BrN3O/c13-9-3-1-2-4-11(9)16-12(7-17)8-5-14-6-10(8)15-16/h1-4,7,14H,5-6H2. The molecule has 1 aliphatic heterocycles. The molecule has 0 spiro atoms. The summed E-state index contributed by atoms with van der Waals surface area (Å²) in [6.45, 7) is 1.45. The molecular weight excluding hydrogens is 282 g/mol. The quantitative estimate of drug-likeness (QED) is 0.862. The van der Waals surface area contributed by atoms with Crippen LogP contribution in [0.15, 0.2) is 28.7 Å². The number of aromatic nitrogens is 2. The van der Waals surface area contributed by atoms with Crippen molar-refractivity contribution in [2.45, 2.75) is 13.1 Å². The highest BCUT2D eigenvalue weighted by Crippen LogP contribution is 2.25. The third-order valence-electron chi connectivity index (χ3n) is 2.89. The number of fused-ring (bicyclic) bond motifs is 1. The first kappa shape index (κ1) is 10.7. The number of nitrogens with zero attached hydrogens (tertiary/aromatic N) is 2. The fourth-order valence-electron chi connectivity index (χ4n) is 2.08. The average Bonchev–Trinajstić information content (AvgIpc) is 2.89. The molecule has 0 saturated carbocycles. The van der Waals surface area contributed by atoms with Gasteiger partial charge in [-0.15, -0.1) is 0 Å². The first-order valence-corrected chi connectivity index (χ1v) is 6.12. The van der Waals surface area contributed by atoms with Crippen LogP contribution in [0.1, 0.15) is 21.7 Å². The van der Waals surface area contributed by atoms with Crippen LogP contribution in [0.25, 0.3) is 5.69 Å². The van der Waals surface area contributed by atoms with Crippen molar-refractivity contribution >= 4 is 22.2 Å². The molecule has 86 valence electrons. The van der Waals surface area contributed by atoms with Crippen molar-refractivity contribution < 1.29 is 4.79 Å². The molecule has 3 rings (SSSR count). The van der Waals surface area contributed by atoms with E-state index >= 15 is 0 Å². The van der Waals surface area contributed by atoms with E-state index in [0.717, 1.165) is 34.2 Å². The van der Waals surface area contributed by atoms with Crippen LogP contribution in [0.4, 0.5) is 0 Å². The Morgan fingerprint density at radius 1 is 1.35 bits per heavy atom. The van der Waals surface area contributed by atoms with E-state index in [1.807, 2.05) is 24.3 Å². The van der Waals surface area contributed by atoms with Crippen molar-refractivity contribution in [3.05, 3.63) is 45.7 Å². The maximum absolute atomic E-state index is 11.2. The topological polar surface area (TPSA) is 46.9 Å². The third kappa shape index (κ3) is 1.62. The van der Waals surface area contributed by atoms with E-state index in [1.165, 1.54) is 0 Å². The second kappa shape index (κ2) is 4.09. The van der Waals surface area contributed by atoms with Gasteiger partial charge in [-0.3, -0.25) is 4.79 Å². The summed E-state index contributed by atoms with van der Waals surface area (Å²) in [5.74, 6) is 0. The Bertz CT molecular complexity index is 591. The van der Waals surface area contributed by atoms with Gasteiger partial charge < -0.3 is 5.32 Å². The summed E-state index contributed by atoms with van der Waals surface area (Å²) >= 11 is 3.48. The molecule has 0 atom stereocenters. The second-order valence-electron chi connectivity index (χ2n) is 3.90. The Balaban J connectivity index is 2.22. The molecule has 1 aliphatic rings. The highest BCUT2D eigenvalue weighted by atomic mass is 79.9. The minimum absolute atomic E-state index is 0.636.